The normalized spacial score (nSPS) is 12.0. The smallest absolute Gasteiger partial charge is 0.141 e. The third-order valence-electron chi connectivity index (χ3n) is 1.63. The number of benzene rings is 1. The fraction of sp³-hybridized carbons (Fsp3) is 0.250. The van der Waals surface area contributed by atoms with Gasteiger partial charge in [-0.05, 0) is 17.7 Å². The van der Waals surface area contributed by atoms with Crippen molar-refractivity contribution in [3.63, 3.8) is 0 Å². The van der Waals surface area contributed by atoms with Gasteiger partial charge in [-0.2, -0.15) is 0 Å². The van der Waals surface area contributed by atoms with Crippen molar-refractivity contribution in [3.8, 4) is 0 Å². The Balaban J connectivity index is 0.00000144. The summed E-state index contributed by atoms with van der Waals surface area (Å²) in [5.74, 6) is -0.440. The zero-order valence-electron chi connectivity index (χ0n) is 6.84. The molecule has 0 aliphatic heterocycles. The van der Waals surface area contributed by atoms with E-state index in [0.29, 0.717) is 6.54 Å². The molecule has 0 spiro atoms. The third kappa shape index (κ3) is 3.12. The number of hydrogen-bond acceptors (Lipinski definition) is 2. The SMILES string of the molecule is Cl.NC[C@@H](N)c1ccc(F)c(Cl)c1. The molecular weight excluding hydrogens is 214 g/mol. The van der Waals surface area contributed by atoms with E-state index in [2.05, 4.69) is 0 Å². The minimum absolute atomic E-state index is 0. The van der Waals surface area contributed by atoms with Gasteiger partial charge >= 0.3 is 0 Å². The van der Waals surface area contributed by atoms with Gasteiger partial charge in [0.1, 0.15) is 5.82 Å². The summed E-state index contributed by atoms with van der Waals surface area (Å²) >= 11 is 5.54. The average molecular weight is 225 g/mol. The molecule has 0 unspecified atom stereocenters. The second kappa shape index (κ2) is 5.40. The molecule has 0 fully saturated rings. The van der Waals surface area contributed by atoms with Gasteiger partial charge in [-0.25, -0.2) is 4.39 Å². The lowest BCUT2D eigenvalue weighted by molar-refractivity contribution is 0.625. The summed E-state index contributed by atoms with van der Waals surface area (Å²) < 4.78 is 12.7. The van der Waals surface area contributed by atoms with Crippen LogP contribution in [0.2, 0.25) is 5.02 Å². The van der Waals surface area contributed by atoms with Gasteiger partial charge in [0.25, 0.3) is 0 Å². The summed E-state index contributed by atoms with van der Waals surface area (Å²) in [6, 6.07) is 4.09. The number of halogens is 3. The largest absolute Gasteiger partial charge is 0.329 e. The molecule has 2 nitrogen and oxygen atoms in total. The Bertz CT molecular complexity index is 281. The molecular formula is C8H11Cl2FN2. The van der Waals surface area contributed by atoms with Crippen LogP contribution >= 0.6 is 24.0 Å². The van der Waals surface area contributed by atoms with Crippen LogP contribution in [0, 0.1) is 5.82 Å². The molecule has 0 amide bonds. The van der Waals surface area contributed by atoms with E-state index in [-0.39, 0.29) is 23.5 Å². The van der Waals surface area contributed by atoms with E-state index in [1.54, 1.807) is 6.07 Å². The second-order valence-corrected chi connectivity index (χ2v) is 2.92. The first-order valence-electron chi connectivity index (χ1n) is 3.55. The Labute approximate surface area is 87.5 Å². The van der Waals surface area contributed by atoms with Crippen LogP contribution in [0.5, 0.6) is 0 Å². The van der Waals surface area contributed by atoms with Crippen LogP contribution in [0.3, 0.4) is 0 Å². The summed E-state index contributed by atoms with van der Waals surface area (Å²) in [5, 5.41) is 0.0800. The van der Waals surface area contributed by atoms with Gasteiger partial charge in [0.05, 0.1) is 5.02 Å². The molecule has 0 aromatic heterocycles. The van der Waals surface area contributed by atoms with Gasteiger partial charge in [-0.15, -0.1) is 12.4 Å². The molecule has 1 aromatic carbocycles. The van der Waals surface area contributed by atoms with Gasteiger partial charge in [-0.3, -0.25) is 0 Å². The van der Waals surface area contributed by atoms with Gasteiger partial charge in [0, 0.05) is 12.6 Å². The van der Waals surface area contributed by atoms with Crippen LogP contribution in [0.25, 0.3) is 0 Å². The highest BCUT2D eigenvalue weighted by molar-refractivity contribution is 6.30. The van der Waals surface area contributed by atoms with Crippen LogP contribution in [0.4, 0.5) is 4.39 Å². The predicted molar refractivity (Wildman–Crippen MR) is 54.6 cm³/mol. The van der Waals surface area contributed by atoms with E-state index in [1.165, 1.54) is 12.1 Å². The van der Waals surface area contributed by atoms with E-state index in [1.807, 2.05) is 0 Å². The quantitative estimate of drug-likeness (QED) is 0.807. The molecule has 0 radical (unpaired) electrons. The highest BCUT2D eigenvalue weighted by Crippen LogP contribution is 2.18. The third-order valence-corrected chi connectivity index (χ3v) is 1.92. The van der Waals surface area contributed by atoms with Crippen molar-refractivity contribution in [2.75, 3.05) is 6.54 Å². The molecule has 5 heteroatoms. The Hall–Kier alpha value is -0.350. The molecule has 0 saturated carbocycles. The van der Waals surface area contributed by atoms with Gasteiger partial charge in [0.2, 0.25) is 0 Å². The van der Waals surface area contributed by atoms with Crippen molar-refractivity contribution in [1.29, 1.82) is 0 Å². The Morgan fingerprint density at radius 2 is 2.08 bits per heavy atom. The van der Waals surface area contributed by atoms with E-state index in [9.17, 15) is 4.39 Å². The topological polar surface area (TPSA) is 52.0 Å². The molecule has 4 N–H and O–H groups in total. The van der Waals surface area contributed by atoms with Gasteiger partial charge in [0.15, 0.2) is 0 Å². The van der Waals surface area contributed by atoms with Crippen LogP contribution in [-0.2, 0) is 0 Å². The molecule has 0 bridgehead atoms. The highest BCUT2D eigenvalue weighted by Gasteiger charge is 2.06. The van der Waals surface area contributed by atoms with Gasteiger partial charge in [-0.1, -0.05) is 17.7 Å². The summed E-state index contributed by atoms with van der Waals surface area (Å²) in [6.07, 6.45) is 0. The number of hydrogen-bond donors (Lipinski definition) is 2. The fourth-order valence-electron chi connectivity index (χ4n) is 0.879. The minimum Gasteiger partial charge on any atom is -0.329 e. The first-order chi connectivity index (χ1) is 5.65. The summed E-state index contributed by atoms with van der Waals surface area (Å²) in [5.41, 5.74) is 11.7. The van der Waals surface area contributed by atoms with Gasteiger partial charge < -0.3 is 11.5 Å². The maximum atomic E-state index is 12.7. The summed E-state index contributed by atoms with van der Waals surface area (Å²) in [7, 11) is 0. The Morgan fingerprint density at radius 3 is 2.54 bits per heavy atom. The lowest BCUT2D eigenvalue weighted by Crippen LogP contribution is -2.20. The molecule has 0 aliphatic carbocycles. The monoisotopic (exact) mass is 224 g/mol. The molecule has 1 rings (SSSR count). The minimum atomic E-state index is -0.440. The molecule has 1 aromatic rings. The maximum Gasteiger partial charge on any atom is 0.141 e. The van der Waals surface area contributed by atoms with E-state index in [4.69, 9.17) is 23.1 Å². The number of nitrogens with two attached hydrogens (primary N) is 2. The summed E-state index contributed by atoms with van der Waals surface area (Å²) in [4.78, 5) is 0. The second-order valence-electron chi connectivity index (χ2n) is 2.52. The Kier molecular flexibility index (Phi) is 5.25. The van der Waals surface area contributed by atoms with E-state index >= 15 is 0 Å². The highest BCUT2D eigenvalue weighted by atomic mass is 35.5. The lowest BCUT2D eigenvalue weighted by Gasteiger charge is -2.08. The van der Waals surface area contributed by atoms with Crippen LogP contribution in [-0.4, -0.2) is 6.54 Å². The number of rotatable bonds is 2. The molecule has 0 aliphatic rings. The standard InChI is InChI=1S/C8H10ClFN2.ClH/c9-6-3-5(8(12)4-11)1-2-7(6)10;/h1-3,8H,4,11-12H2;1H/t8-;/m1./s1. The zero-order chi connectivity index (χ0) is 9.14. The molecule has 1 atom stereocenters. The molecule has 0 heterocycles. The van der Waals surface area contributed by atoms with Crippen molar-refractivity contribution in [3.05, 3.63) is 34.6 Å². The zero-order valence-corrected chi connectivity index (χ0v) is 8.41. The van der Waals surface area contributed by atoms with E-state index < -0.39 is 5.82 Å². The summed E-state index contributed by atoms with van der Waals surface area (Å²) in [6.45, 7) is 0.321. The first-order valence-corrected chi connectivity index (χ1v) is 3.93. The predicted octanol–water partition coefficient (Wildman–Crippen LogP) is 1.86. The van der Waals surface area contributed by atoms with Crippen molar-refractivity contribution in [2.45, 2.75) is 6.04 Å². The molecule has 74 valence electrons. The van der Waals surface area contributed by atoms with E-state index in [0.717, 1.165) is 5.56 Å². The van der Waals surface area contributed by atoms with Crippen LogP contribution in [0.1, 0.15) is 11.6 Å². The van der Waals surface area contributed by atoms with Crippen LogP contribution in [0.15, 0.2) is 18.2 Å². The maximum absolute atomic E-state index is 12.7. The van der Waals surface area contributed by atoms with Crippen LogP contribution < -0.4 is 11.5 Å². The van der Waals surface area contributed by atoms with Crippen molar-refractivity contribution in [2.24, 2.45) is 11.5 Å². The lowest BCUT2D eigenvalue weighted by atomic mass is 10.1. The van der Waals surface area contributed by atoms with Crippen molar-refractivity contribution in [1.82, 2.24) is 0 Å². The molecule has 13 heavy (non-hydrogen) atoms. The van der Waals surface area contributed by atoms with Crippen molar-refractivity contribution < 1.29 is 4.39 Å². The average Bonchev–Trinajstić information content (AvgIpc) is 2.08. The van der Waals surface area contributed by atoms with Crippen molar-refractivity contribution >= 4 is 24.0 Å². The fourth-order valence-corrected chi connectivity index (χ4v) is 1.07. The first kappa shape index (κ1) is 12.7. The molecule has 0 saturated heterocycles. The Morgan fingerprint density at radius 1 is 1.46 bits per heavy atom.